The first-order valence-electron chi connectivity index (χ1n) is 23.0. The lowest BCUT2D eigenvalue weighted by molar-refractivity contribution is 0.436. The standard InChI is InChI=1S/C62H42N2O2/c1-39-17-16-30-58-60(39)50-36-44(35-49(61(50)66-58)40-18-4-2-5-19-40)63(42-31-33-48-47-24-10-14-28-55(47)64(56(48)37-42)41-20-6-3-7-21-41)43-32-34-54-59(38-43)65-57-29-15-13-27-53(57)62(54)51-25-11-8-22-45(51)46-23-9-12-26-52(46)62/h2-16,18-39H,17H2,1H3. The van der Waals surface area contributed by atoms with E-state index in [2.05, 4.69) is 235 Å². The average molecular weight is 847 g/mol. The number of fused-ring (bicyclic) bond motifs is 15. The third-order valence-corrected chi connectivity index (χ3v) is 14.5. The fraction of sp³-hybridized carbons (Fsp3) is 0.0645. The minimum atomic E-state index is -0.560. The highest BCUT2D eigenvalue weighted by atomic mass is 16.5. The van der Waals surface area contributed by atoms with Crippen molar-refractivity contribution in [3.05, 3.63) is 246 Å². The van der Waals surface area contributed by atoms with Gasteiger partial charge in [-0.15, -0.1) is 0 Å². The molecule has 11 aromatic rings. The number of aromatic nitrogens is 1. The molecule has 1 atom stereocenters. The smallest absolute Gasteiger partial charge is 0.143 e. The lowest BCUT2D eigenvalue weighted by atomic mass is 9.66. The SMILES string of the molecule is CC1CC=Cc2oc3c(-c4ccccc4)cc(N(c4ccc5c(c4)Oc4ccccc4C54c5ccccc5-c5ccccc54)c4ccc5c6ccccc6n(-c6ccccc6)c5c4)cc3c21. The molecule has 66 heavy (non-hydrogen) atoms. The second-order valence-corrected chi connectivity index (χ2v) is 18.0. The largest absolute Gasteiger partial charge is 0.457 e. The molecule has 0 saturated heterocycles. The van der Waals surface area contributed by atoms with Crippen molar-refractivity contribution in [1.29, 1.82) is 0 Å². The molecular weight excluding hydrogens is 805 g/mol. The monoisotopic (exact) mass is 846 g/mol. The number of anilines is 3. The molecule has 3 aliphatic rings. The maximum absolute atomic E-state index is 7.13. The Kier molecular flexibility index (Phi) is 7.91. The predicted octanol–water partition coefficient (Wildman–Crippen LogP) is 16.7. The van der Waals surface area contributed by atoms with E-state index in [9.17, 15) is 0 Å². The third kappa shape index (κ3) is 5.15. The Hall–Kier alpha value is -8.34. The molecule has 2 aromatic heterocycles. The first kappa shape index (κ1) is 37.1. The van der Waals surface area contributed by atoms with Gasteiger partial charge in [0, 0.05) is 67.2 Å². The van der Waals surface area contributed by atoms with Crippen LogP contribution in [-0.4, -0.2) is 4.57 Å². The van der Waals surface area contributed by atoms with Crippen LogP contribution < -0.4 is 9.64 Å². The van der Waals surface area contributed by atoms with Crippen molar-refractivity contribution in [3.63, 3.8) is 0 Å². The van der Waals surface area contributed by atoms with Crippen LogP contribution in [0.1, 0.15) is 52.8 Å². The van der Waals surface area contributed by atoms with Gasteiger partial charge in [0.2, 0.25) is 0 Å². The van der Waals surface area contributed by atoms with Gasteiger partial charge in [-0.25, -0.2) is 0 Å². The Balaban J connectivity index is 1.06. The van der Waals surface area contributed by atoms with Gasteiger partial charge in [0.05, 0.1) is 16.4 Å². The molecule has 2 aliphatic carbocycles. The van der Waals surface area contributed by atoms with Gasteiger partial charge in [0.1, 0.15) is 22.8 Å². The number of nitrogens with zero attached hydrogens (tertiary/aromatic N) is 2. The van der Waals surface area contributed by atoms with Crippen LogP contribution in [0.15, 0.2) is 217 Å². The number of furan rings is 1. The van der Waals surface area contributed by atoms with Crippen LogP contribution in [0.4, 0.5) is 17.1 Å². The van der Waals surface area contributed by atoms with Crippen LogP contribution >= 0.6 is 0 Å². The topological polar surface area (TPSA) is 30.5 Å². The normalized spacial score (nSPS) is 15.0. The van der Waals surface area contributed by atoms with Crippen molar-refractivity contribution in [2.24, 2.45) is 0 Å². The maximum atomic E-state index is 7.13. The Morgan fingerprint density at radius 2 is 1.14 bits per heavy atom. The molecule has 1 spiro atoms. The summed E-state index contributed by atoms with van der Waals surface area (Å²) >= 11 is 0. The summed E-state index contributed by atoms with van der Waals surface area (Å²) in [6.07, 6.45) is 5.37. The fourth-order valence-corrected chi connectivity index (χ4v) is 11.7. The molecule has 9 aromatic carbocycles. The fourth-order valence-electron chi connectivity index (χ4n) is 11.7. The first-order valence-corrected chi connectivity index (χ1v) is 23.0. The number of rotatable bonds is 5. The van der Waals surface area contributed by atoms with E-state index in [4.69, 9.17) is 9.15 Å². The number of hydrogen-bond donors (Lipinski definition) is 0. The third-order valence-electron chi connectivity index (χ3n) is 14.5. The molecule has 0 fully saturated rings. The van der Waals surface area contributed by atoms with E-state index in [-0.39, 0.29) is 0 Å². The van der Waals surface area contributed by atoms with Crippen LogP contribution in [0.5, 0.6) is 11.5 Å². The van der Waals surface area contributed by atoms with Crippen LogP contribution in [0.2, 0.25) is 0 Å². The molecule has 0 amide bonds. The number of hydrogen-bond acceptors (Lipinski definition) is 3. The van der Waals surface area contributed by atoms with Crippen LogP contribution in [-0.2, 0) is 5.41 Å². The second kappa shape index (κ2) is 14.1. The minimum absolute atomic E-state index is 0.307. The van der Waals surface area contributed by atoms with Crippen LogP contribution in [0.3, 0.4) is 0 Å². The zero-order valence-electron chi connectivity index (χ0n) is 36.3. The van der Waals surface area contributed by atoms with E-state index < -0.39 is 5.41 Å². The average Bonchev–Trinajstić information content (AvgIpc) is 4.02. The van der Waals surface area contributed by atoms with Crippen molar-refractivity contribution in [2.75, 3.05) is 4.90 Å². The summed E-state index contributed by atoms with van der Waals surface area (Å²) in [5.74, 6) is 2.96. The van der Waals surface area contributed by atoms with Crippen LogP contribution in [0.25, 0.3) is 66.8 Å². The molecule has 14 rings (SSSR count). The Bertz CT molecular complexity index is 3750. The lowest BCUT2D eigenvalue weighted by Crippen LogP contribution is -2.32. The second-order valence-electron chi connectivity index (χ2n) is 18.0. The summed E-state index contributed by atoms with van der Waals surface area (Å²) < 4.78 is 16.4. The molecule has 0 bridgehead atoms. The molecule has 1 unspecified atom stereocenters. The molecule has 0 saturated carbocycles. The summed E-state index contributed by atoms with van der Waals surface area (Å²) in [6.45, 7) is 2.31. The minimum Gasteiger partial charge on any atom is -0.457 e. The van der Waals surface area contributed by atoms with Crippen molar-refractivity contribution < 1.29 is 9.15 Å². The van der Waals surface area contributed by atoms with Gasteiger partial charge in [-0.3, -0.25) is 0 Å². The molecular formula is C62H42N2O2. The zero-order valence-corrected chi connectivity index (χ0v) is 36.3. The van der Waals surface area contributed by atoms with E-state index in [0.717, 1.165) is 85.2 Å². The Morgan fingerprint density at radius 1 is 0.500 bits per heavy atom. The summed E-state index contributed by atoms with van der Waals surface area (Å²) in [7, 11) is 0. The lowest BCUT2D eigenvalue weighted by Gasteiger charge is -2.40. The highest BCUT2D eigenvalue weighted by molar-refractivity contribution is 6.11. The van der Waals surface area contributed by atoms with Crippen molar-refractivity contribution in [3.8, 4) is 39.4 Å². The summed E-state index contributed by atoms with van der Waals surface area (Å²) in [6, 6.07) is 75.1. The van der Waals surface area contributed by atoms with Gasteiger partial charge >= 0.3 is 0 Å². The molecule has 3 heterocycles. The van der Waals surface area contributed by atoms with E-state index in [0.29, 0.717) is 5.92 Å². The molecule has 0 N–H and O–H groups in total. The van der Waals surface area contributed by atoms with Gasteiger partial charge in [0.25, 0.3) is 0 Å². The van der Waals surface area contributed by atoms with Gasteiger partial charge in [-0.1, -0.05) is 159 Å². The van der Waals surface area contributed by atoms with Gasteiger partial charge in [0.15, 0.2) is 0 Å². The summed E-state index contributed by atoms with van der Waals surface area (Å²) in [5, 5.41) is 3.57. The number of allylic oxidation sites excluding steroid dienone is 1. The predicted molar refractivity (Wildman–Crippen MR) is 270 cm³/mol. The molecule has 4 nitrogen and oxygen atoms in total. The Labute approximate surface area is 382 Å². The molecule has 0 radical (unpaired) electrons. The van der Waals surface area contributed by atoms with E-state index in [1.807, 2.05) is 0 Å². The van der Waals surface area contributed by atoms with Crippen molar-refractivity contribution >= 4 is 55.9 Å². The van der Waals surface area contributed by atoms with Crippen molar-refractivity contribution in [1.82, 2.24) is 4.57 Å². The van der Waals surface area contributed by atoms with E-state index >= 15 is 0 Å². The van der Waals surface area contributed by atoms with E-state index in [1.165, 1.54) is 44.1 Å². The molecule has 1 aliphatic heterocycles. The highest BCUT2D eigenvalue weighted by Gasteiger charge is 2.51. The maximum Gasteiger partial charge on any atom is 0.143 e. The highest BCUT2D eigenvalue weighted by Crippen LogP contribution is 2.62. The number of ether oxygens (including phenoxy) is 1. The molecule has 312 valence electrons. The summed E-state index contributed by atoms with van der Waals surface area (Å²) in [5.41, 5.74) is 17.6. The van der Waals surface area contributed by atoms with Gasteiger partial charge < -0.3 is 18.6 Å². The van der Waals surface area contributed by atoms with E-state index in [1.54, 1.807) is 0 Å². The number of benzene rings is 9. The first-order chi connectivity index (χ1) is 32.6. The number of para-hydroxylation sites is 3. The Morgan fingerprint density at radius 3 is 1.94 bits per heavy atom. The molecule has 4 heteroatoms. The van der Waals surface area contributed by atoms with Crippen molar-refractivity contribution in [2.45, 2.75) is 24.7 Å². The van der Waals surface area contributed by atoms with Crippen LogP contribution in [0, 0.1) is 0 Å². The zero-order chi connectivity index (χ0) is 43.5. The van der Waals surface area contributed by atoms with Gasteiger partial charge in [-0.05, 0) is 101 Å². The summed E-state index contributed by atoms with van der Waals surface area (Å²) in [4.78, 5) is 2.43. The quantitative estimate of drug-likeness (QED) is 0.173. The van der Waals surface area contributed by atoms with Gasteiger partial charge in [-0.2, -0.15) is 0 Å².